The molecule has 1 aliphatic carbocycles. The highest BCUT2D eigenvalue weighted by atomic mass is 19.1. The third-order valence-electron chi connectivity index (χ3n) is 6.42. The van der Waals surface area contributed by atoms with Gasteiger partial charge >= 0.3 is 5.97 Å². The van der Waals surface area contributed by atoms with Crippen LogP contribution in [0.4, 0.5) is 14.5 Å². The first-order chi connectivity index (χ1) is 14.7. The van der Waals surface area contributed by atoms with Crippen molar-refractivity contribution in [2.45, 2.75) is 44.8 Å². The maximum Gasteiger partial charge on any atom is 0.341 e. The Kier molecular flexibility index (Phi) is 5.51. The fraction of sp³-hybridized carbons (Fsp3) is 0.545. The number of likely N-dealkylation sites (N-methyl/N-ethyl adjacent to an activating group) is 1. The van der Waals surface area contributed by atoms with Crippen LogP contribution < -0.4 is 10.3 Å². The number of hydrogen-bond donors (Lipinski definition) is 2. The zero-order chi connectivity index (χ0) is 22.5. The summed E-state index contributed by atoms with van der Waals surface area (Å²) in [5.74, 6) is -3.24. The first-order valence-corrected chi connectivity index (χ1v) is 10.7. The molecule has 7 nitrogen and oxygen atoms in total. The van der Waals surface area contributed by atoms with Crippen LogP contribution in [0.25, 0.3) is 10.9 Å². The summed E-state index contributed by atoms with van der Waals surface area (Å²) in [4.78, 5) is 27.6. The number of rotatable bonds is 7. The molecule has 2 aromatic rings. The summed E-state index contributed by atoms with van der Waals surface area (Å²) in [6.45, 7) is 6.26. The Balaban J connectivity index is 1.80. The van der Waals surface area contributed by atoms with E-state index in [1.54, 1.807) is 0 Å². The van der Waals surface area contributed by atoms with E-state index in [9.17, 15) is 19.8 Å². The smallest absolute Gasteiger partial charge is 0.341 e. The second kappa shape index (κ2) is 7.87. The predicted molar refractivity (Wildman–Crippen MR) is 113 cm³/mol. The Bertz CT molecular complexity index is 1090. The van der Waals surface area contributed by atoms with E-state index < -0.39 is 34.2 Å². The van der Waals surface area contributed by atoms with Crippen molar-refractivity contribution in [2.75, 3.05) is 37.6 Å². The summed E-state index contributed by atoms with van der Waals surface area (Å²) in [6.07, 6.45) is 3.00. The molecule has 31 heavy (non-hydrogen) atoms. The number of fused-ring (bicyclic) bond motifs is 1. The number of aromatic nitrogens is 1. The van der Waals surface area contributed by atoms with Gasteiger partial charge in [0.25, 0.3) is 0 Å². The minimum absolute atomic E-state index is 0.0731. The molecule has 1 saturated carbocycles. The molecule has 2 heterocycles. The van der Waals surface area contributed by atoms with Crippen LogP contribution >= 0.6 is 0 Å². The van der Waals surface area contributed by atoms with Crippen molar-refractivity contribution in [3.63, 3.8) is 0 Å². The lowest BCUT2D eigenvalue weighted by Gasteiger charge is -2.30. The standard InChI is InChI=1S/C22H27F2N3O4/c1-3-25(4-2)11-22(31)7-8-26(12-22)19-16(23)9-14-18(17(19)24)27(13-5-6-13)10-15(20(14)28)21(29)30/h9-10,13,31H,3-8,11-12H2,1-2H3,(H,29,30). The van der Waals surface area contributed by atoms with Crippen molar-refractivity contribution in [3.8, 4) is 0 Å². The van der Waals surface area contributed by atoms with Crippen molar-refractivity contribution in [2.24, 2.45) is 0 Å². The van der Waals surface area contributed by atoms with E-state index in [0.29, 0.717) is 13.0 Å². The number of benzene rings is 1. The van der Waals surface area contributed by atoms with E-state index in [1.165, 1.54) is 9.47 Å². The van der Waals surface area contributed by atoms with E-state index >= 15 is 8.78 Å². The molecule has 1 atom stereocenters. The van der Waals surface area contributed by atoms with Gasteiger partial charge in [-0.1, -0.05) is 13.8 Å². The molecule has 2 fully saturated rings. The van der Waals surface area contributed by atoms with E-state index in [1.807, 2.05) is 13.8 Å². The van der Waals surface area contributed by atoms with E-state index in [0.717, 1.165) is 38.2 Å². The van der Waals surface area contributed by atoms with Gasteiger partial charge in [-0.25, -0.2) is 13.6 Å². The van der Waals surface area contributed by atoms with Gasteiger partial charge in [-0.2, -0.15) is 0 Å². The van der Waals surface area contributed by atoms with Crippen LogP contribution in [-0.2, 0) is 0 Å². The first kappa shape index (κ1) is 21.7. The van der Waals surface area contributed by atoms with Crippen LogP contribution in [-0.4, -0.2) is 64.0 Å². The monoisotopic (exact) mass is 435 g/mol. The van der Waals surface area contributed by atoms with Crippen molar-refractivity contribution in [1.82, 2.24) is 9.47 Å². The summed E-state index contributed by atoms with van der Waals surface area (Å²) < 4.78 is 32.2. The van der Waals surface area contributed by atoms with Gasteiger partial charge in [0.15, 0.2) is 5.82 Å². The zero-order valence-corrected chi connectivity index (χ0v) is 17.7. The number of nitrogens with zero attached hydrogens (tertiary/aromatic N) is 3. The lowest BCUT2D eigenvalue weighted by Crippen LogP contribution is -2.45. The highest BCUT2D eigenvalue weighted by molar-refractivity contribution is 5.94. The SMILES string of the molecule is CCN(CC)CC1(O)CCN(c2c(F)cc3c(=O)c(C(=O)O)cn(C4CC4)c3c2F)C1. The first-order valence-electron chi connectivity index (χ1n) is 10.7. The molecule has 168 valence electrons. The van der Waals surface area contributed by atoms with Gasteiger partial charge in [-0.15, -0.1) is 0 Å². The Morgan fingerprint density at radius 1 is 1.29 bits per heavy atom. The summed E-state index contributed by atoms with van der Waals surface area (Å²) in [7, 11) is 0. The van der Waals surface area contributed by atoms with Gasteiger partial charge in [-0.3, -0.25) is 4.79 Å². The van der Waals surface area contributed by atoms with Crippen molar-refractivity contribution in [3.05, 3.63) is 39.7 Å². The summed E-state index contributed by atoms with van der Waals surface area (Å²) in [5.41, 5.74) is -2.85. The average Bonchev–Trinajstić information content (AvgIpc) is 3.49. The molecule has 0 amide bonds. The largest absolute Gasteiger partial charge is 0.477 e. The number of β-amino-alcohol motifs (C(OH)–C–C–N with tert-alkyl or cyclic N) is 1. The molecule has 1 aromatic heterocycles. The van der Waals surface area contributed by atoms with Crippen LogP contribution in [0.3, 0.4) is 0 Å². The molecule has 0 radical (unpaired) electrons. The number of aromatic carboxylic acids is 1. The van der Waals surface area contributed by atoms with Gasteiger partial charge in [-0.05, 0) is 38.4 Å². The number of carboxylic acid groups (broad SMARTS) is 1. The Morgan fingerprint density at radius 2 is 1.97 bits per heavy atom. The number of anilines is 1. The van der Waals surface area contributed by atoms with E-state index in [4.69, 9.17) is 0 Å². The topological polar surface area (TPSA) is 86.0 Å². The number of carbonyl (C=O) groups is 1. The second-order valence-corrected chi connectivity index (χ2v) is 8.59. The minimum Gasteiger partial charge on any atom is -0.477 e. The fourth-order valence-corrected chi connectivity index (χ4v) is 4.55. The van der Waals surface area contributed by atoms with Gasteiger partial charge in [0, 0.05) is 31.9 Å². The van der Waals surface area contributed by atoms with Crippen molar-refractivity contribution >= 4 is 22.6 Å². The molecule has 9 heteroatoms. The highest BCUT2D eigenvalue weighted by Crippen LogP contribution is 2.40. The zero-order valence-electron chi connectivity index (χ0n) is 17.7. The quantitative estimate of drug-likeness (QED) is 0.696. The number of aliphatic hydroxyl groups is 1. The highest BCUT2D eigenvalue weighted by Gasteiger charge is 2.40. The van der Waals surface area contributed by atoms with Crippen molar-refractivity contribution in [1.29, 1.82) is 0 Å². The third-order valence-corrected chi connectivity index (χ3v) is 6.42. The maximum atomic E-state index is 15.7. The molecule has 1 aromatic carbocycles. The van der Waals surface area contributed by atoms with Gasteiger partial charge in [0.2, 0.25) is 5.43 Å². The third kappa shape index (κ3) is 3.80. The minimum atomic E-state index is -1.42. The molecule has 4 rings (SSSR count). The molecule has 1 aliphatic heterocycles. The molecular weight excluding hydrogens is 408 g/mol. The van der Waals surface area contributed by atoms with Gasteiger partial charge < -0.3 is 24.6 Å². The Morgan fingerprint density at radius 3 is 2.55 bits per heavy atom. The van der Waals surface area contributed by atoms with E-state index in [-0.39, 0.29) is 35.7 Å². The number of carboxylic acids is 1. The number of pyridine rings is 1. The normalized spacial score (nSPS) is 21.4. The lowest BCUT2D eigenvalue weighted by atomic mass is 10.0. The summed E-state index contributed by atoms with van der Waals surface area (Å²) in [5, 5.41) is 20.1. The molecule has 1 unspecified atom stereocenters. The van der Waals surface area contributed by atoms with Gasteiger partial charge in [0.1, 0.15) is 17.1 Å². The summed E-state index contributed by atoms with van der Waals surface area (Å²) in [6, 6.07) is 0.815. The molecule has 1 saturated heterocycles. The van der Waals surface area contributed by atoms with Crippen LogP contribution in [0.5, 0.6) is 0 Å². The van der Waals surface area contributed by atoms with Crippen LogP contribution in [0.1, 0.15) is 49.5 Å². The molecule has 0 bridgehead atoms. The fourth-order valence-electron chi connectivity index (χ4n) is 4.55. The number of halogens is 2. The summed E-state index contributed by atoms with van der Waals surface area (Å²) >= 11 is 0. The number of hydrogen-bond acceptors (Lipinski definition) is 5. The second-order valence-electron chi connectivity index (χ2n) is 8.59. The van der Waals surface area contributed by atoms with Crippen LogP contribution in [0.15, 0.2) is 17.1 Å². The Labute approximate surface area is 178 Å². The van der Waals surface area contributed by atoms with Crippen LogP contribution in [0.2, 0.25) is 0 Å². The average molecular weight is 435 g/mol. The molecule has 0 spiro atoms. The van der Waals surface area contributed by atoms with Crippen molar-refractivity contribution < 1.29 is 23.8 Å². The van der Waals surface area contributed by atoms with Crippen LogP contribution in [0, 0.1) is 11.6 Å². The lowest BCUT2D eigenvalue weighted by molar-refractivity contribution is 0.0253. The Hall–Kier alpha value is -2.52. The maximum absolute atomic E-state index is 15.7. The van der Waals surface area contributed by atoms with Gasteiger partial charge in [0.05, 0.1) is 16.5 Å². The molecule has 2 aliphatic rings. The molecule has 2 N–H and O–H groups in total. The molecular formula is C22H27F2N3O4. The van der Waals surface area contributed by atoms with E-state index in [2.05, 4.69) is 4.90 Å². The predicted octanol–water partition coefficient (Wildman–Crippen LogP) is 2.60.